The zero-order valence-electron chi connectivity index (χ0n) is 13.1. The molecule has 0 fully saturated rings. The van der Waals surface area contributed by atoms with Crippen LogP contribution in [0.25, 0.3) is 0 Å². The number of rotatable bonds is 8. The summed E-state index contributed by atoms with van der Waals surface area (Å²) in [7, 11) is 0. The van der Waals surface area contributed by atoms with E-state index in [0.29, 0.717) is 38.6 Å². The second kappa shape index (κ2) is 9.58. The molecular weight excluding hydrogens is 284 g/mol. The van der Waals surface area contributed by atoms with Crippen molar-refractivity contribution in [2.24, 2.45) is 5.73 Å². The number of carboxylic acid groups (broad SMARTS) is 1. The van der Waals surface area contributed by atoms with Gasteiger partial charge in [0, 0.05) is 6.54 Å². The monoisotopic (exact) mass is 312 g/mol. The molecule has 0 radical (unpaired) electrons. The van der Waals surface area contributed by atoms with Crippen molar-refractivity contribution in [3.63, 3.8) is 0 Å². The molecule has 0 heterocycles. The highest BCUT2D eigenvalue weighted by Crippen LogP contribution is 2.26. The molecule has 1 unspecified atom stereocenters. The predicted octanol–water partition coefficient (Wildman–Crippen LogP) is 1.33. The fourth-order valence-electron chi connectivity index (χ4n) is 2.60. The Hall–Kier alpha value is -1.40. The van der Waals surface area contributed by atoms with Gasteiger partial charge in [-0.15, -0.1) is 0 Å². The summed E-state index contributed by atoms with van der Waals surface area (Å²) in [6.45, 7) is 0.483. The lowest BCUT2D eigenvalue weighted by molar-refractivity contribution is -0.138. The SMILES string of the molecule is N[C@@H](CCCCNC(=O)CC1(O)C/C=C/CCCC1)C(=O)O. The number of nitrogens with two attached hydrogens (primary N) is 1. The highest BCUT2D eigenvalue weighted by atomic mass is 16.4. The molecule has 6 nitrogen and oxygen atoms in total. The molecule has 126 valence electrons. The van der Waals surface area contributed by atoms with E-state index < -0.39 is 17.6 Å². The summed E-state index contributed by atoms with van der Waals surface area (Å²) in [5, 5.41) is 21.9. The van der Waals surface area contributed by atoms with Crippen molar-refractivity contribution in [1.29, 1.82) is 0 Å². The van der Waals surface area contributed by atoms with E-state index in [2.05, 4.69) is 11.4 Å². The fourth-order valence-corrected chi connectivity index (χ4v) is 2.60. The Kier molecular flexibility index (Phi) is 8.12. The van der Waals surface area contributed by atoms with E-state index in [0.717, 1.165) is 19.3 Å². The van der Waals surface area contributed by atoms with E-state index in [-0.39, 0.29) is 12.3 Å². The predicted molar refractivity (Wildman–Crippen MR) is 84.3 cm³/mol. The first-order valence-electron chi connectivity index (χ1n) is 8.05. The lowest BCUT2D eigenvalue weighted by Crippen LogP contribution is -2.37. The van der Waals surface area contributed by atoms with E-state index >= 15 is 0 Å². The average Bonchev–Trinajstić information content (AvgIpc) is 2.43. The van der Waals surface area contributed by atoms with Crippen LogP contribution in [0, 0.1) is 0 Å². The third-order valence-corrected chi connectivity index (χ3v) is 4.00. The molecule has 1 aliphatic rings. The van der Waals surface area contributed by atoms with E-state index in [1.165, 1.54) is 0 Å². The molecule has 1 amide bonds. The minimum Gasteiger partial charge on any atom is -0.480 e. The minimum absolute atomic E-state index is 0.117. The number of carbonyl (C=O) groups is 2. The van der Waals surface area contributed by atoms with Gasteiger partial charge in [0.1, 0.15) is 6.04 Å². The maximum Gasteiger partial charge on any atom is 0.320 e. The zero-order valence-corrected chi connectivity index (χ0v) is 13.1. The molecule has 0 aromatic rings. The number of aliphatic carboxylic acids is 1. The van der Waals surface area contributed by atoms with Crippen LogP contribution in [0.15, 0.2) is 12.2 Å². The highest BCUT2D eigenvalue weighted by molar-refractivity contribution is 5.77. The van der Waals surface area contributed by atoms with Gasteiger partial charge in [-0.05, 0) is 44.9 Å². The molecule has 5 N–H and O–H groups in total. The first-order chi connectivity index (χ1) is 10.4. The molecule has 0 saturated heterocycles. The molecule has 1 aliphatic carbocycles. The number of hydrogen-bond acceptors (Lipinski definition) is 4. The topological polar surface area (TPSA) is 113 Å². The number of carbonyl (C=O) groups excluding carboxylic acids is 1. The van der Waals surface area contributed by atoms with Crippen LogP contribution in [0.1, 0.15) is 57.8 Å². The highest BCUT2D eigenvalue weighted by Gasteiger charge is 2.28. The van der Waals surface area contributed by atoms with Crippen LogP contribution in [0.4, 0.5) is 0 Å². The average molecular weight is 312 g/mol. The molecule has 0 spiro atoms. The molecular formula is C16H28N2O4. The smallest absolute Gasteiger partial charge is 0.320 e. The largest absolute Gasteiger partial charge is 0.480 e. The van der Waals surface area contributed by atoms with Gasteiger partial charge in [0.05, 0.1) is 12.0 Å². The van der Waals surface area contributed by atoms with Gasteiger partial charge >= 0.3 is 5.97 Å². The summed E-state index contributed by atoms with van der Waals surface area (Å²) in [6, 6.07) is -0.835. The Morgan fingerprint density at radius 2 is 2.05 bits per heavy atom. The van der Waals surface area contributed by atoms with Crippen molar-refractivity contribution in [3.05, 3.63) is 12.2 Å². The van der Waals surface area contributed by atoms with Gasteiger partial charge in [0.15, 0.2) is 0 Å². The Labute approximate surface area is 131 Å². The lowest BCUT2D eigenvalue weighted by atomic mass is 9.87. The third kappa shape index (κ3) is 7.56. The van der Waals surface area contributed by atoms with Gasteiger partial charge in [-0.2, -0.15) is 0 Å². The number of amides is 1. The summed E-state index contributed by atoms with van der Waals surface area (Å²) < 4.78 is 0. The zero-order chi connectivity index (χ0) is 16.4. The molecule has 0 saturated carbocycles. The third-order valence-electron chi connectivity index (χ3n) is 4.00. The van der Waals surface area contributed by atoms with E-state index in [9.17, 15) is 14.7 Å². The van der Waals surface area contributed by atoms with Crippen LogP contribution in [0.3, 0.4) is 0 Å². The maximum atomic E-state index is 11.9. The van der Waals surface area contributed by atoms with Crippen LogP contribution >= 0.6 is 0 Å². The lowest BCUT2D eigenvalue weighted by Gasteiger charge is -2.27. The molecule has 6 heteroatoms. The number of carboxylic acids is 1. The summed E-state index contributed by atoms with van der Waals surface area (Å²) >= 11 is 0. The minimum atomic E-state index is -0.997. The van der Waals surface area contributed by atoms with Gasteiger partial charge < -0.3 is 21.3 Å². The van der Waals surface area contributed by atoms with Gasteiger partial charge in [-0.1, -0.05) is 18.6 Å². The van der Waals surface area contributed by atoms with Crippen molar-refractivity contribution in [2.45, 2.75) is 69.4 Å². The van der Waals surface area contributed by atoms with E-state index in [4.69, 9.17) is 10.8 Å². The van der Waals surface area contributed by atoms with Crippen molar-refractivity contribution in [1.82, 2.24) is 5.32 Å². The van der Waals surface area contributed by atoms with Gasteiger partial charge in [0.25, 0.3) is 0 Å². The summed E-state index contributed by atoms with van der Waals surface area (Å²) in [5.41, 5.74) is 4.46. The number of unbranched alkanes of at least 4 members (excludes halogenated alkanes) is 1. The standard InChI is InChI=1S/C16H28N2O4/c17-13(15(20)21)8-4-7-11-18-14(19)12-16(22)9-5-2-1-3-6-10-16/h2,5,13,22H,1,3-4,6-12,17H2,(H,18,19)(H,20,21)/b5-2+/t13-,16?/m0/s1. The number of allylic oxidation sites excluding steroid dienone is 1. The second-order valence-corrected chi connectivity index (χ2v) is 6.11. The van der Waals surface area contributed by atoms with E-state index in [1.807, 2.05) is 6.08 Å². The quantitative estimate of drug-likeness (QED) is 0.399. The van der Waals surface area contributed by atoms with E-state index in [1.54, 1.807) is 0 Å². The van der Waals surface area contributed by atoms with Crippen molar-refractivity contribution in [3.8, 4) is 0 Å². The Morgan fingerprint density at radius 3 is 2.77 bits per heavy atom. The Bertz CT molecular complexity index is 398. The second-order valence-electron chi connectivity index (χ2n) is 6.11. The van der Waals surface area contributed by atoms with Crippen LogP contribution < -0.4 is 11.1 Å². The molecule has 1 rings (SSSR count). The molecule has 0 bridgehead atoms. The molecule has 0 aromatic carbocycles. The Morgan fingerprint density at radius 1 is 1.27 bits per heavy atom. The van der Waals surface area contributed by atoms with Gasteiger partial charge in [-0.3, -0.25) is 9.59 Å². The fraction of sp³-hybridized carbons (Fsp3) is 0.750. The van der Waals surface area contributed by atoms with Crippen LogP contribution in [0.2, 0.25) is 0 Å². The van der Waals surface area contributed by atoms with Crippen molar-refractivity contribution >= 4 is 11.9 Å². The van der Waals surface area contributed by atoms with Gasteiger partial charge in [-0.25, -0.2) is 0 Å². The van der Waals surface area contributed by atoms with Gasteiger partial charge in [0.2, 0.25) is 5.91 Å². The summed E-state index contributed by atoms with van der Waals surface area (Å²) in [4.78, 5) is 22.5. The van der Waals surface area contributed by atoms with Crippen LogP contribution in [-0.2, 0) is 9.59 Å². The Balaban J connectivity index is 2.20. The summed E-state index contributed by atoms with van der Waals surface area (Å²) in [6.07, 6.45) is 10.1. The van der Waals surface area contributed by atoms with Crippen LogP contribution in [0.5, 0.6) is 0 Å². The normalized spacial score (nSPS) is 24.8. The number of aliphatic hydroxyl groups is 1. The summed E-state index contributed by atoms with van der Waals surface area (Å²) in [5.74, 6) is -1.15. The maximum absolute atomic E-state index is 11.9. The molecule has 0 aromatic heterocycles. The molecule has 0 aliphatic heterocycles. The molecule has 22 heavy (non-hydrogen) atoms. The van der Waals surface area contributed by atoms with Crippen molar-refractivity contribution < 1.29 is 19.8 Å². The molecule has 2 atom stereocenters. The number of nitrogens with one attached hydrogen (secondary N) is 1. The number of hydrogen-bond donors (Lipinski definition) is 4. The van der Waals surface area contributed by atoms with Crippen LogP contribution in [-0.4, -0.2) is 40.3 Å². The van der Waals surface area contributed by atoms with Crippen molar-refractivity contribution in [2.75, 3.05) is 6.54 Å². The first kappa shape index (κ1) is 18.6. The first-order valence-corrected chi connectivity index (χ1v) is 8.05.